The predicted molar refractivity (Wildman–Crippen MR) is 260 cm³/mol. The number of aliphatic hydroxyl groups is 2. The van der Waals surface area contributed by atoms with Crippen LogP contribution in [-0.2, 0) is 27.5 Å². The summed E-state index contributed by atoms with van der Waals surface area (Å²) in [5, 5.41) is 27.3. The number of oxime groups is 1. The molecule has 1 amide bonds. The molecular weight excluding hydrogens is 884 g/mol. The number of benzene rings is 5. The molecule has 0 aromatic heterocycles. The zero-order valence-electron chi connectivity index (χ0n) is 38.2. The molecule has 0 bridgehead atoms. The Morgan fingerprint density at radius 3 is 2.40 bits per heavy atom. The van der Waals surface area contributed by atoms with E-state index < -0.39 is 23.8 Å². The number of carbonyl (C=O) groups excluding carboxylic acids is 1. The second kappa shape index (κ2) is 21.9. The molecule has 5 aromatic carbocycles. The maximum Gasteiger partial charge on any atom is 0.410 e. The van der Waals surface area contributed by atoms with Crippen LogP contribution in [0, 0.1) is 17.8 Å². The molecule has 356 valence electrons. The number of hydrogen-bond acceptors (Lipinski definition) is 11. The van der Waals surface area contributed by atoms with Crippen molar-refractivity contribution in [1.82, 2.24) is 4.90 Å². The highest BCUT2D eigenvalue weighted by Crippen LogP contribution is 2.62. The van der Waals surface area contributed by atoms with E-state index in [-0.39, 0.29) is 76.4 Å². The van der Waals surface area contributed by atoms with Crippen LogP contribution in [-0.4, -0.2) is 77.8 Å². The largest absolute Gasteiger partial charge is 0.459 e. The Hall–Kier alpha value is -6.05. The molecule has 12 nitrogen and oxygen atoms in total. The summed E-state index contributed by atoms with van der Waals surface area (Å²) in [6, 6.07) is 34.8. The summed E-state index contributed by atoms with van der Waals surface area (Å²) in [6.45, 7) is 4.74. The maximum atomic E-state index is 14.8. The van der Waals surface area contributed by atoms with Gasteiger partial charge in [-0.25, -0.2) is 4.79 Å². The number of nitrogens with zero attached hydrogens (tertiary/aromatic N) is 2. The summed E-state index contributed by atoms with van der Waals surface area (Å²) in [7, 11) is 0. The SMILES string of the molecule is C=CCOC12Oc3ccc(Oc4ccc5ccccc5c4)cc3C3C(CCCCO)C(CCCCO)C=C(C(=NOCc4ccccc4)CC1N(Cc1ccc4c(c1)OCO4)C(=O)OCCCl)C32. The van der Waals surface area contributed by atoms with E-state index in [0.717, 1.165) is 58.7 Å². The number of aliphatic hydroxyl groups excluding tert-OH is 2. The van der Waals surface area contributed by atoms with Crippen LogP contribution in [0.1, 0.15) is 67.6 Å². The average Bonchev–Trinajstić information content (AvgIpc) is 3.84. The molecule has 9 rings (SSSR count). The molecule has 5 aromatic rings. The van der Waals surface area contributed by atoms with Gasteiger partial charge in [0.05, 0.1) is 24.1 Å². The molecular formula is C55H59ClN2O10. The Labute approximate surface area is 402 Å². The molecule has 2 heterocycles. The monoisotopic (exact) mass is 942 g/mol. The van der Waals surface area contributed by atoms with E-state index in [0.29, 0.717) is 47.3 Å². The number of amides is 1. The lowest BCUT2D eigenvalue weighted by molar-refractivity contribution is -0.256. The number of halogens is 1. The molecule has 13 heteroatoms. The number of alkyl halides is 1. The van der Waals surface area contributed by atoms with Gasteiger partial charge in [-0.2, -0.15) is 0 Å². The van der Waals surface area contributed by atoms with Crippen LogP contribution in [0.25, 0.3) is 10.8 Å². The number of unbranched alkanes of at least 4 members (excludes halogenated alkanes) is 2. The summed E-state index contributed by atoms with van der Waals surface area (Å²) < 4.78 is 38.7. The molecule has 2 N–H and O–H groups in total. The van der Waals surface area contributed by atoms with Crippen molar-refractivity contribution >= 4 is 34.2 Å². The van der Waals surface area contributed by atoms with E-state index in [1.54, 1.807) is 11.0 Å². The average molecular weight is 944 g/mol. The van der Waals surface area contributed by atoms with Crippen LogP contribution in [0.5, 0.6) is 28.7 Å². The minimum Gasteiger partial charge on any atom is -0.459 e. The van der Waals surface area contributed by atoms with E-state index in [2.05, 4.69) is 36.9 Å². The summed E-state index contributed by atoms with van der Waals surface area (Å²) in [5.74, 6) is 0.971. The first kappa shape index (κ1) is 47.0. The van der Waals surface area contributed by atoms with Crippen LogP contribution < -0.4 is 18.9 Å². The van der Waals surface area contributed by atoms with Crippen molar-refractivity contribution in [3.8, 4) is 28.7 Å². The zero-order valence-corrected chi connectivity index (χ0v) is 38.9. The minimum absolute atomic E-state index is 0.00927. The van der Waals surface area contributed by atoms with Crippen LogP contribution in [0.2, 0.25) is 0 Å². The van der Waals surface area contributed by atoms with Gasteiger partial charge in [-0.3, -0.25) is 4.90 Å². The van der Waals surface area contributed by atoms with Crippen molar-refractivity contribution in [2.45, 2.75) is 75.8 Å². The molecule has 0 radical (unpaired) electrons. The van der Waals surface area contributed by atoms with Crippen molar-refractivity contribution in [3.63, 3.8) is 0 Å². The van der Waals surface area contributed by atoms with E-state index >= 15 is 0 Å². The second-order valence-electron chi connectivity index (χ2n) is 17.8. The van der Waals surface area contributed by atoms with Crippen LogP contribution in [0.4, 0.5) is 4.79 Å². The minimum atomic E-state index is -1.52. The zero-order chi connectivity index (χ0) is 46.9. The highest BCUT2D eigenvalue weighted by Gasteiger charge is 2.65. The van der Waals surface area contributed by atoms with Crippen molar-refractivity contribution in [2.75, 3.05) is 39.1 Å². The standard InChI is InChI=1S/C55H59ClN2O10/c1-2-27-65-55-51(58(54(61)62-28-24-56)34-38-18-22-49-50(29-38)64-36-63-49)33-47(57-66-35-37-12-4-3-5-13-37)45-31-41(16-8-10-25-59)44(17-9-11-26-60)52(53(45)55)46-32-43(21-23-48(46)68-55)67-42-20-19-39-14-6-7-15-40(39)30-42/h2-7,12-15,18-23,29-32,41,44,51-53,59-60H,1,8-11,16-17,24-28,33-36H2. The molecule has 0 spiro atoms. The lowest BCUT2D eigenvalue weighted by atomic mass is 9.55. The summed E-state index contributed by atoms with van der Waals surface area (Å²) in [5.41, 5.74) is 4.25. The first-order valence-corrected chi connectivity index (χ1v) is 24.2. The van der Waals surface area contributed by atoms with Crippen molar-refractivity contribution < 1.29 is 48.3 Å². The predicted octanol–water partition coefficient (Wildman–Crippen LogP) is 11.1. The molecule has 0 saturated heterocycles. The van der Waals surface area contributed by atoms with Gasteiger partial charge in [0.1, 0.15) is 36.5 Å². The number of carbonyl (C=O) groups is 1. The van der Waals surface area contributed by atoms with E-state index in [1.807, 2.05) is 84.9 Å². The quantitative estimate of drug-likeness (QED) is 0.0316. The summed E-state index contributed by atoms with van der Waals surface area (Å²) >= 11 is 6.17. The highest BCUT2D eigenvalue weighted by atomic mass is 35.5. The van der Waals surface area contributed by atoms with Gasteiger partial charge in [0.15, 0.2) is 11.5 Å². The molecule has 6 unspecified atom stereocenters. The van der Waals surface area contributed by atoms with Crippen molar-refractivity contribution in [1.29, 1.82) is 0 Å². The van der Waals surface area contributed by atoms with Crippen LogP contribution >= 0.6 is 11.6 Å². The smallest absolute Gasteiger partial charge is 0.410 e. The lowest BCUT2D eigenvalue weighted by Crippen LogP contribution is -2.70. The van der Waals surface area contributed by atoms with Gasteiger partial charge >= 0.3 is 6.09 Å². The third-order valence-corrected chi connectivity index (χ3v) is 13.7. The molecule has 68 heavy (non-hydrogen) atoms. The van der Waals surface area contributed by atoms with Gasteiger partial charge in [0.25, 0.3) is 0 Å². The Morgan fingerprint density at radius 1 is 0.838 bits per heavy atom. The van der Waals surface area contributed by atoms with E-state index in [4.69, 9.17) is 50.0 Å². The Kier molecular flexibility index (Phi) is 15.2. The maximum absolute atomic E-state index is 14.8. The lowest BCUT2D eigenvalue weighted by Gasteiger charge is -2.59. The molecule has 2 aliphatic heterocycles. The molecule has 1 fully saturated rings. The first-order valence-electron chi connectivity index (χ1n) is 23.7. The van der Waals surface area contributed by atoms with Crippen molar-refractivity contribution in [3.05, 3.63) is 150 Å². The Bertz CT molecular complexity index is 2600. The Balaban J connectivity index is 1.23. The molecule has 6 atom stereocenters. The highest BCUT2D eigenvalue weighted by molar-refractivity contribution is 6.18. The molecule has 4 aliphatic rings. The molecule has 1 saturated carbocycles. The van der Waals surface area contributed by atoms with Crippen LogP contribution in [0.3, 0.4) is 0 Å². The fraction of sp³-hybridized carbons (Fsp3) is 0.382. The van der Waals surface area contributed by atoms with Gasteiger partial charge in [-0.05, 0) is 107 Å². The number of allylic oxidation sites excluding steroid dienone is 1. The van der Waals surface area contributed by atoms with E-state index in [1.165, 1.54) is 0 Å². The van der Waals surface area contributed by atoms with Gasteiger partial charge in [-0.1, -0.05) is 96.9 Å². The van der Waals surface area contributed by atoms with Gasteiger partial charge < -0.3 is 43.5 Å². The first-order chi connectivity index (χ1) is 33.4. The van der Waals surface area contributed by atoms with Gasteiger partial charge in [0, 0.05) is 37.7 Å². The number of rotatable bonds is 21. The van der Waals surface area contributed by atoms with Crippen molar-refractivity contribution in [2.24, 2.45) is 22.9 Å². The third kappa shape index (κ3) is 10.1. The topological polar surface area (TPSA) is 138 Å². The van der Waals surface area contributed by atoms with E-state index in [9.17, 15) is 15.0 Å². The summed E-state index contributed by atoms with van der Waals surface area (Å²) in [6.07, 6.45) is 8.07. The molecule has 2 aliphatic carbocycles. The van der Waals surface area contributed by atoms with Gasteiger partial charge in [0.2, 0.25) is 12.6 Å². The van der Waals surface area contributed by atoms with Crippen LogP contribution in [0.15, 0.2) is 139 Å². The second-order valence-corrected chi connectivity index (χ2v) is 18.1. The fourth-order valence-corrected chi connectivity index (χ4v) is 10.7. The number of ether oxygens (including phenoxy) is 6. The summed E-state index contributed by atoms with van der Waals surface area (Å²) in [4.78, 5) is 22.7. The third-order valence-electron chi connectivity index (χ3n) is 13.6. The number of hydrogen-bond donors (Lipinski definition) is 2. The Morgan fingerprint density at radius 2 is 1.59 bits per heavy atom. The fourth-order valence-electron chi connectivity index (χ4n) is 10.6. The normalized spacial score (nSPS) is 22.7. The number of fused-ring (bicyclic) bond motifs is 4. The van der Waals surface area contributed by atoms with Gasteiger partial charge in [-0.15, -0.1) is 18.2 Å².